The molecule has 0 aromatic heterocycles. The van der Waals surface area contributed by atoms with Crippen molar-refractivity contribution in [1.29, 1.82) is 0 Å². The molecule has 126 valence electrons. The van der Waals surface area contributed by atoms with Crippen LogP contribution in [0.15, 0.2) is 18.2 Å². The van der Waals surface area contributed by atoms with Crippen molar-refractivity contribution in [2.24, 2.45) is 5.92 Å². The molecule has 2 N–H and O–H groups in total. The molecule has 0 fully saturated rings. The number of hydrogen-bond acceptors (Lipinski definition) is 4. The number of nitrogens with one attached hydrogen (secondary N) is 2. The molecule has 0 bridgehead atoms. The molecule has 1 aliphatic rings. The number of amides is 2. The highest BCUT2D eigenvalue weighted by atomic mass is 16.5. The summed E-state index contributed by atoms with van der Waals surface area (Å²) in [5, 5.41) is 5.69. The third-order valence-electron chi connectivity index (χ3n) is 3.44. The summed E-state index contributed by atoms with van der Waals surface area (Å²) in [7, 11) is 0. The third kappa shape index (κ3) is 5.25. The average molecular weight is 320 g/mol. The number of benzene rings is 1. The second-order valence-corrected chi connectivity index (χ2v) is 6.10. The van der Waals surface area contributed by atoms with Crippen LogP contribution in [0, 0.1) is 5.92 Å². The summed E-state index contributed by atoms with van der Waals surface area (Å²) in [6.07, 6.45) is 0.335. The SMILES string of the molecule is CC(C)COCCC(=O)N[C@@H](C)c1ccc2c(c1)NC(=O)CO2. The number of hydrogen-bond donors (Lipinski definition) is 2. The van der Waals surface area contributed by atoms with E-state index in [4.69, 9.17) is 9.47 Å². The predicted octanol–water partition coefficient (Wildman–Crippen LogP) is 2.26. The van der Waals surface area contributed by atoms with Crippen LogP contribution in [0.1, 0.15) is 38.8 Å². The molecule has 2 amide bonds. The van der Waals surface area contributed by atoms with Crippen LogP contribution < -0.4 is 15.4 Å². The van der Waals surface area contributed by atoms with Crippen molar-refractivity contribution in [3.8, 4) is 5.75 Å². The Morgan fingerprint density at radius 2 is 2.17 bits per heavy atom. The fourth-order valence-electron chi connectivity index (χ4n) is 2.25. The molecule has 1 aromatic carbocycles. The summed E-state index contributed by atoms with van der Waals surface area (Å²) in [4.78, 5) is 23.3. The molecule has 0 saturated heterocycles. The van der Waals surface area contributed by atoms with E-state index >= 15 is 0 Å². The Balaban J connectivity index is 1.85. The standard InChI is InChI=1S/C17H24N2O4/c1-11(2)9-22-7-6-16(20)18-12(3)13-4-5-15-14(8-13)19-17(21)10-23-15/h4-5,8,11-12H,6-7,9-10H2,1-3H3,(H,18,20)(H,19,21)/t12-/m0/s1. The highest BCUT2D eigenvalue weighted by molar-refractivity contribution is 5.95. The van der Waals surface area contributed by atoms with E-state index in [1.165, 1.54) is 0 Å². The third-order valence-corrected chi connectivity index (χ3v) is 3.44. The van der Waals surface area contributed by atoms with Crippen LogP contribution in [0.25, 0.3) is 0 Å². The minimum Gasteiger partial charge on any atom is -0.482 e. The number of fused-ring (bicyclic) bond motifs is 1. The number of anilines is 1. The molecule has 0 spiro atoms. The lowest BCUT2D eigenvalue weighted by atomic mass is 10.1. The van der Waals surface area contributed by atoms with Crippen molar-refractivity contribution in [2.45, 2.75) is 33.2 Å². The molecular weight excluding hydrogens is 296 g/mol. The first-order chi connectivity index (χ1) is 11.0. The molecule has 23 heavy (non-hydrogen) atoms. The van der Waals surface area contributed by atoms with E-state index < -0.39 is 0 Å². The van der Waals surface area contributed by atoms with Gasteiger partial charge in [0.15, 0.2) is 6.61 Å². The van der Waals surface area contributed by atoms with Crippen molar-refractivity contribution in [3.05, 3.63) is 23.8 Å². The maximum Gasteiger partial charge on any atom is 0.262 e. The number of ether oxygens (including phenoxy) is 2. The highest BCUT2D eigenvalue weighted by Crippen LogP contribution is 2.30. The fourth-order valence-corrected chi connectivity index (χ4v) is 2.25. The number of rotatable bonds is 7. The van der Waals surface area contributed by atoms with Crippen LogP contribution >= 0.6 is 0 Å². The van der Waals surface area contributed by atoms with Gasteiger partial charge in [0.05, 0.1) is 18.3 Å². The van der Waals surface area contributed by atoms with Gasteiger partial charge in [-0.25, -0.2) is 0 Å². The lowest BCUT2D eigenvalue weighted by Gasteiger charge is -2.21. The maximum atomic E-state index is 11.9. The predicted molar refractivity (Wildman–Crippen MR) is 87.4 cm³/mol. The molecule has 0 unspecified atom stereocenters. The summed E-state index contributed by atoms with van der Waals surface area (Å²) in [6, 6.07) is 5.36. The summed E-state index contributed by atoms with van der Waals surface area (Å²) in [5.74, 6) is 0.881. The van der Waals surface area contributed by atoms with Crippen LogP contribution in [-0.2, 0) is 14.3 Å². The molecule has 2 rings (SSSR count). The minimum atomic E-state index is -0.173. The van der Waals surface area contributed by atoms with Crippen molar-refractivity contribution in [3.63, 3.8) is 0 Å². The Morgan fingerprint density at radius 3 is 2.91 bits per heavy atom. The van der Waals surface area contributed by atoms with Crippen LogP contribution in [0.3, 0.4) is 0 Å². The van der Waals surface area contributed by atoms with Gasteiger partial charge in [-0.05, 0) is 30.5 Å². The second-order valence-electron chi connectivity index (χ2n) is 6.10. The summed E-state index contributed by atoms with van der Waals surface area (Å²) in [6.45, 7) is 7.16. The van der Waals surface area contributed by atoms with E-state index in [1.807, 2.05) is 19.1 Å². The van der Waals surface area contributed by atoms with E-state index in [9.17, 15) is 9.59 Å². The van der Waals surface area contributed by atoms with Gasteiger partial charge in [0, 0.05) is 13.0 Å². The van der Waals surface area contributed by atoms with Gasteiger partial charge < -0.3 is 20.1 Å². The Kier molecular flexibility index (Phi) is 5.98. The number of carbonyl (C=O) groups excluding carboxylic acids is 2. The summed E-state index contributed by atoms with van der Waals surface area (Å²) < 4.78 is 10.7. The van der Waals surface area contributed by atoms with E-state index in [0.717, 1.165) is 5.56 Å². The van der Waals surface area contributed by atoms with Gasteiger partial charge in [0.1, 0.15) is 5.75 Å². The van der Waals surface area contributed by atoms with Crippen LogP contribution in [0.2, 0.25) is 0 Å². The van der Waals surface area contributed by atoms with Gasteiger partial charge in [0.25, 0.3) is 5.91 Å². The summed E-state index contributed by atoms with van der Waals surface area (Å²) >= 11 is 0. The average Bonchev–Trinajstić information content (AvgIpc) is 2.50. The minimum absolute atomic E-state index is 0.0367. The molecule has 1 aliphatic heterocycles. The Hall–Kier alpha value is -2.08. The van der Waals surface area contributed by atoms with Crippen LogP contribution in [0.4, 0.5) is 5.69 Å². The lowest BCUT2D eigenvalue weighted by molar-refractivity contribution is -0.123. The molecule has 1 atom stereocenters. The van der Waals surface area contributed by atoms with Crippen molar-refractivity contribution < 1.29 is 19.1 Å². The molecule has 1 heterocycles. The zero-order chi connectivity index (χ0) is 16.8. The normalized spacial score (nSPS) is 14.7. The molecule has 1 aromatic rings. The van der Waals surface area contributed by atoms with Crippen LogP contribution in [-0.4, -0.2) is 31.6 Å². The Bertz CT molecular complexity index is 572. The quantitative estimate of drug-likeness (QED) is 0.756. The van der Waals surface area contributed by atoms with Gasteiger partial charge in [-0.15, -0.1) is 0 Å². The van der Waals surface area contributed by atoms with Crippen molar-refractivity contribution in [1.82, 2.24) is 5.32 Å². The zero-order valence-electron chi connectivity index (χ0n) is 13.8. The van der Waals surface area contributed by atoms with E-state index in [2.05, 4.69) is 24.5 Å². The monoisotopic (exact) mass is 320 g/mol. The molecule has 6 nitrogen and oxygen atoms in total. The summed E-state index contributed by atoms with van der Waals surface area (Å²) in [5.41, 5.74) is 1.55. The first-order valence-corrected chi connectivity index (χ1v) is 7.89. The molecule has 0 radical (unpaired) electrons. The molecule has 0 aliphatic carbocycles. The van der Waals surface area contributed by atoms with Gasteiger partial charge in [-0.2, -0.15) is 0 Å². The highest BCUT2D eigenvalue weighted by Gasteiger charge is 2.18. The molecule has 6 heteroatoms. The largest absolute Gasteiger partial charge is 0.482 e. The van der Waals surface area contributed by atoms with Gasteiger partial charge >= 0.3 is 0 Å². The molecular formula is C17H24N2O4. The first-order valence-electron chi connectivity index (χ1n) is 7.89. The zero-order valence-corrected chi connectivity index (χ0v) is 13.8. The second kappa shape index (κ2) is 7.97. The Labute approximate surface area is 136 Å². The smallest absolute Gasteiger partial charge is 0.262 e. The van der Waals surface area contributed by atoms with E-state index in [0.29, 0.717) is 37.0 Å². The van der Waals surface area contributed by atoms with Crippen molar-refractivity contribution >= 4 is 17.5 Å². The first kappa shape index (κ1) is 17.3. The Morgan fingerprint density at radius 1 is 1.39 bits per heavy atom. The van der Waals surface area contributed by atoms with Gasteiger partial charge in [-0.1, -0.05) is 19.9 Å². The number of carbonyl (C=O) groups is 2. The van der Waals surface area contributed by atoms with E-state index in [-0.39, 0.29) is 24.5 Å². The van der Waals surface area contributed by atoms with Crippen molar-refractivity contribution in [2.75, 3.05) is 25.1 Å². The maximum absolute atomic E-state index is 11.9. The topological polar surface area (TPSA) is 76.7 Å². The van der Waals surface area contributed by atoms with Crippen LogP contribution in [0.5, 0.6) is 5.75 Å². The van der Waals surface area contributed by atoms with Gasteiger partial charge in [-0.3, -0.25) is 9.59 Å². The lowest BCUT2D eigenvalue weighted by Crippen LogP contribution is -2.28. The van der Waals surface area contributed by atoms with Gasteiger partial charge in [0.2, 0.25) is 5.91 Å². The molecule has 0 saturated carbocycles. The van der Waals surface area contributed by atoms with E-state index in [1.54, 1.807) is 6.07 Å². The fraction of sp³-hybridized carbons (Fsp3) is 0.529.